The van der Waals surface area contributed by atoms with Gasteiger partial charge in [-0.25, -0.2) is 14.4 Å². The molecule has 21 heavy (non-hydrogen) atoms. The number of aliphatic hydroxyl groups excluding tert-OH is 1. The number of isocyanates is 2. The Hall–Kier alpha value is -2.85. The monoisotopic (exact) mass is 290 g/mol. The maximum absolute atomic E-state index is 10.00. The lowest BCUT2D eigenvalue weighted by Gasteiger charge is -1.97. The summed E-state index contributed by atoms with van der Waals surface area (Å²) in [5, 5.41) is 16.3. The molecule has 7 heteroatoms. The molecule has 0 saturated heterocycles. The summed E-state index contributed by atoms with van der Waals surface area (Å²) in [5.74, 6) is -1.04. The number of carboxylic acid groups (broad SMARTS) is 1. The molecule has 7 nitrogen and oxygen atoms in total. The lowest BCUT2D eigenvalue weighted by atomic mass is 10.2. The Morgan fingerprint density at radius 1 is 1.29 bits per heavy atom. The Morgan fingerprint density at radius 3 is 2.33 bits per heavy atom. The van der Waals surface area contributed by atoms with E-state index < -0.39 is 5.97 Å². The molecule has 0 saturated carbocycles. The van der Waals surface area contributed by atoms with Gasteiger partial charge in [0.15, 0.2) is 0 Å². The van der Waals surface area contributed by atoms with Crippen molar-refractivity contribution in [2.75, 3.05) is 6.61 Å². The molecule has 0 heterocycles. The summed E-state index contributed by atoms with van der Waals surface area (Å²) < 4.78 is 0. The van der Waals surface area contributed by atoms with Crippen molar-refractivity contribution in [3.8, 4) is 0 Å². The number of benzene rings is 1. The number of carbonyl (C=O) groups is 1. The molecule has 1 aromatic carbocycles. The summed E-state index contributed by atoms with van der Waals surface area (Å²) in [7, 11) is 0. The first-order valence-electron chi connectivity index (χ1n) is 5.74. The van der Waals surface area contributed by atoms with Crippen LogP contribution in [-0.2, 0) is 14.4 Å². The van der Waals surface area contributed by atoms with Gasteiger partial charge < -0.3 is 10.2 Å². The van der Waals surface area contributed by atoms with Gasteiger partial charge >= 0.3 is 5.97 Å². The molecule has 2 N–H and O–H groups in total. The molecule has 1 aromatic rings. The third-order valence-corrected chi connectivity index (χ3v) is 2.25. The van der Waals surface area contributed by atoms with Gasteiger partial charge in [-0.2, -0.15) is 9.98 Å². The number of carboxylic acids is 1. The molecule has 0 unspecified atom stereocenters. The van der Waals surface area contributed by atoms with Crippen LogP contribution < -0.4 is 0 Å². The van der Waals surface area contributed by atoms with Crippen LogP contribution in [0.1, 0.15) is 12.0 Å². The van der Waals surface area contributed by atoms with Crippen LogP contribution in [0, 0.1) is 6.92 Å². The van der Waals surface area contributed by atoms with E-state index in [4.69, 9.17) is 10.2 Å². The zero-order valence-electron chi connectivity index (χ0n) is 11.4. The Labute approximate surface area is 121 Å². The van der Waals surface area contributed by atoms with Crippen LogP contribution in [0.3, 0.4) is 0 Å². The summed E-state index contributed by atoms with van der Waals surface area (Å²) in [6, 6.07) is 4.88. The minimum Gasteiger partial charge on any atom is -0.478 e. The van der Waals surface area contributed by atoms with Crippen LogP contribution in [0.2, 0.25) is 0 Å². The lowest BCUT2D eigenvalue weighted by Crippen LogP contribution is -2.00. The van der Waals surface area contributed by atoms with Gasteiger partial charge in [-0.3, -0.25) is 0 Å². The molecule has 0 atom stereocenters. The second kappa shape index (κ2) is 10.00. The highest BCUT2D eigenvalue weighted by Crippen LogP contribution is 2.23. The van der Waals surface area contributed by atoms with Crippen LogP contribution >= 0.6 is 0 Å². The molecule has 0 amide bonds. The quantitative estimate of drug-likeness (QED) is 0.488. The molecular weight excluding hydrogens is 276 g/mol. The fraction of sp³-hybridized carbons (Fsp3) is 0.214. The Balaban J connectivity index is 0.000000433. The second-order valence-electron chi connectivity index (χ2n) is 3.76. The molecule has 0 aliphatic rings. The SMILES string of the molecule is C=C(CCO)C(=O)O.Cc1ccc(N=C=O)cc1N=C=O. The van der Waals surface area contributed by atoms with E-state index in [0.29, 0.717) is 11.4 Å². The van der Waals surface area contributed by atoms with Crippen molar-refractivity contribution in [1.82, 2.24) is 0 Å². The van der Waals surface area contributed by atoms with Crippen molar-refractivity contribution in [2.24, 2.45) is 9.98 Å². The van der Waals surface area contributed by atoms with E-state index in [1.165, 1.54) is 18.2 Å². The van der Waals surface area contributed by atoms with Crippen LogP contribution in [0.4, 0.5) is 11.4 Å². The smallest absolute Gasteiger partial charge is 0.331 e. The summed E-state index contributed by atoms with van der Waals surface area (Å²) in [6.45, 7) is 4.83. The Morgan fingerprint density at radius 2 is 1.90 bits per heavy atom. The second-order valence-corrected chi connectivity index (χ2v) is 3.76. The van der Waals surface area contributed by atoms with E-state index >= 15 is 0 Å². The van der Waals surface area contributed by atoms with Crippen molar-refractivity contribution in [3.05, 3.63) is 35.9 Å². The maximum atomic E-state index is 10.00. The van der Waals surface area contributed by atoms with Gasteiger partial charge in [0.1, 0.15) is 0 Å². The fourth-order valence-electron chi connectivity index (χ4n) is 1.13. The number of aryl methyl sites for hydroxylation is 1. The third kappa shape index (κ3) is 7.34. The highest BCUT2D eigenvalue weighted by molar-refractivity contribution is 5.85. The summed E-state index contributed by atoms with van der Waals surface area (Å²) in [4.78, 5) is 36.7. The largest absolute Gasteiger partial charge is 0.478 e. The molecule has 110 valence electrons. The predicted octanol–water partition coefficient (Wildman–Crippen LogP) is 1.94. The van der Waals surface area contributed by atoms with Crippen LogP contribution in [0.15, 0.2) is 40.3 Å². The molecule has 0 aliphatic heterocycles. The number of carbonyl (C=O) groups excluding carboxylic acids is 2. The highest BCUT2D eigenvalue weighted by atomic mass is 16.4. The first-order chi connectivity index (χ1) is 9.96. The standard InChI is InChI=1S/C9H6N2O2.C5H8O3/c1-7-2-3-8(10-5-12)4-9(7)11-6-13;1-4(2-3-6)5(7)8/h2-4H,1H3;6H,1-3H2,(H,7,8). The normalized spacial score (nSPS) is 8.48. The molecular formula is C14H14N2O5. The van der Waals surface area contributed by atoms with Crippen molar-refractivity contribution in [3.63, 3.8) is 0 Å². The number of aliphatic imine (C=N–C) groups is 2. The molecule has 0 bridgehead atoms. The van der Waals surface area contributed by atoms with Crippen molar-refractivity contribution in [1.29, 1.82) is 0 Å². The highest BCUT2D eigenvalue weighted by Gasteiger charge is 2.00. The van der Waals surface area contributed by atoms with Gasteiger partial charge in [0.25, 0.3) is 0 Å². The first-order valence-corrected chi connectivity index (χ1v) is 5.74. The summed E-state index contributed by atoms with van der Waals surface area (Å²) in [5.41, 5.74) is 1.77. The van der Waals surface area contributed by atoms with Crippen LogP contribution in [-0.4, -0.2) is 34.9 Å². The van der Waals surface area contributed by atoms with Gasteiger partial charge in [-0.15, -0.1) is 0 Å². The molecule has 0 fully saturated rings. The van der Waals surface area contributed by atoms with E-state index in [1.807, 2.05) is 0 Å². The number of rotatable bonds is 5. The van der Waals surface area contributed by atoms with Gasteiger partial charge in [0.2, 0.25) is 12.2 Å². The zero-order chi connectivity index (χ0) is 16.3. The maximum Gasteiger partial charge on any atom is 0.331 e. The zero-order valence-corrected chi connectivity index (χ0v) is 11.4. The van der Waals surface area contributed by atoms with Gasteiger partial charge in [0.05, 0.1) is 11.4 Å². The molecule has 1 rings (SSSR count). The molecule has 0 radical (unpaired) electrons. The fourth-order valence-corrected chi connectivity index (χ4v) is 1.13. The van der Waals surface area contributed by atoms with Crippen molar-refractivity contribution in [2.45, 2.75) is 13.3 Å². The number of hydrogen-bond donors (Lipinski definition) is 2. The van der Waals surface area contributed by atoms with E-state index in [1.54, 1.807) is 19.1 Å². The number of nitrogens with zero attached hydrogens (tertiary/aromatic N) is 2. The van der Waals surface area contributed by atoms with Crippen molar-refractivity contribution < 1.29 is 24.6 Å². The lowest BCUT2D eigenvalue weighted by molar-refractivity contribution is -0.132. The van der Waals surface area contributed by atoms with Crippen molar-refractivity contribution >= 4 is 29.5 Å². The predicted molar refractivity (Wildman–Crippen MR) is 75.2 cm³/mol. The minimum atomic E-state index is -1.04. The molecule has 0 aromatic heterocycles. The third-order valence-electron chi connectivity index (χ3n) is 2.25. The van der Waals surface area contributed by atoms with Gasteiger partial charge in [-0.1, -0.05) is 12.6 Å². The van der Waals surface area contributed by atoms with Gasteiger partial charge in [0, 0.05) is 18.6 Å². The van der Waals surface area contributed by atoms with E-state index in [-0.39, 0.29) is 18.6 Å². The average Bonchev–Trinajstić information content (AvgIpc) is 2.44. The summed E-state index contributed by atoms with van der Waals surface area (Å²) in [6.07, 6.45) is 2.98. The van der Waals surface area contributed by atoms with E-state index in [0.717, 1.165) is 5.56 Å². The first kappa shape index (κ1) is 18.1. The Bertz CT molecular complexity index is 612. The minimum absolute atomic E-state index is 0.0486. The topological polar surface area (TPSA) is 116 Å². The van der Waals surface area contributed by atoms with E-state index in [2.05, 4.69) is 16.6 Å². The van der Waals surface area contributed by atoms with Crippen LogP contribution in [0.5, 0.6) is 0 Å². The Kier molecular flexibility index (Phi) is 8.64. The average molecular weight is 290 g/mol. The molecule has 0 spiro atoms. The van der Waals surface area contributed by atoms with Crippen LogP contribution in [0.25, 0.3) is 0 Å². The summed E-state index contributed by atoms with van der Waals surface area (Å²) >= 11 is 0. The van der Waals surface area contributed by atoms with Gasteiger partial charge in [-0.05, 0) is 24.6 Å². The molecule has 0 aliphatic carbocycles. The van der Waals surface area contributed by atoms with E-state index in [9.17, 15) is 14.4 Å². The number of aliphatic carboxylic acids is 1. The number of hydrogen-bond acceptors (Lipinski definition) is 6. The number of aliphatic hydroxyl groups is 1.